The number of ketones is 1. The Morgan fingerprint density at radius 2 is 1.57 bits per heavy atom. The molecule has 1 amide bonds. The molecule has 30 heavy (non-hydrogen) atoms. The number of hydrogen-bond donors (Lipinski definition) is 2. The average molecular weight is 411 g/mol. The predicted molar refractivity (Wildman–Crippen MR) is 118 cm³/mol. The van der Waals surface area contributed by atoms with Gasteiger partial charge in [0.2, 0.25) is 0 Å². The number of hydrogen-bond acceptors (Lipinski definition) is 3. The van der Waals surface area contributed by atoms with Crippen molar-refractivity contribution in [2.24, 2.45) is 23.2 Å². The van der Waals surface area contributed by atoms with Crippen molar-refractivity contribution in [2.75, 3.05) is 44.2 Å². The molecule has 4 bridgehead atoms. The first-order chi connectivity index (χ1) is 14.5. The highest BCUT2D eigenvalue weighted by Crippen LogP contribution is 2.59. The highest BCUT2D eigenvalue weighted by atomic mass is 16.2. The van der Waals surface area contributed by atoms with Crippen molar-refractivity contribution < 1.29 is 14.5 Å². The smallest absolute Gasteiger partial charge is 0.275 e. The Hall–Kier alpha value is -1.88. The zero-order valence-corrected chi connectivity index (χ0v) is 18.3. The maximum Gasteiger partial charge on any atom is 0.275 e. The van der Waals surface area contributed by atoms with Crippen LogP contribution in [0.2, 0.25) is 0 Å². The fraction of sp³-hybridized carbons (Fsp3) is 0.680. The Morgan fingerprint density at radius 1 is 1.00 bits per heavy atom. The summed E-state index contributed by atoms with van der Waals surface area (Å²) in [7, 11) is 0. The summed E-state index contributed by atoms with van der Waals surface area (Å²) in [6.07, 6.45) is 8.44. The molecule has 5 heteroatoms. The van der Waals surface area contributed by atoms with E-state index in [-0.39, 0.29) is 11.7 Å². The second-order valence-corrected chi connectivity index (χ2v) is 10.7. The van der Waals surface area contributed by atoms with Crippen molar-refractivity contribution in [3.63, 3.8) is 0 Å². The summed E-state index contributed by atoms with van der Waals surface area (Å²) >= 11 is 0. The fourth-order valence-corrected chi connectivity index (χ4v) is 7.25. The van der Waals surface area contributed by atoms with Crippen LogP contribution in [0.15, 0.2) is 24.3 Å². The number of nitrogens with zero attached hydrogens (tertiary/aromatic N) is 1. The number of Topliss-reactive ketones (excluding diaryl/α,β-unsaturated/α-hetero) is 1. The quantitative estimate of drug-likeness (QED) is 0.705. The summed E-state index contributed by atoms with van der Waals surface area (Å²) in [5.74, 6) is 3.17. The lowest BCUT2D eigenvalue weighted by atomic mass is 9.49. The maximum absolute atomic E-state index is 12.7. The van der Waals surface area contributed by atoms with E-state index in [1.54, 1.807) is 6.92 Å². The van der Waals surface area contributed by atoms with Gasteiger partial charge in [0.25, 0.3) is 5.91 Å². The second kappa shape index (κ2) is 7.99. The van der Waals surface area contributed by atoms with Gasteiger partial charge in [-0.15, -0.1) is 0 Å². The minimum atomic E-state index is 0.107. The largest absolute Gasteiger partial charge is 0.360 e. The van der Waals surface area contributed by atoms with Crippen LogP contribution in [-0.2, 0) is 4.79 Å². The lowest BCUT2D eigenvalue weighted by Gasteiger charge is -2.56. The van der Waals surface area contributed by atoms with Crippen molar-refractivity contribution in [1.29, 1.82) is 0 Å². The van der Waals surface area contributed by atoms with Crippen LogP contribution in [0.5, 0.6) is 0 Å². The van der Waals surface area contributed by atoms with E-state index in [9.17, 15) is 9.59 Å². The zero-order valence-electron chi connectivity index (χ0n) is 18.3. The third kappa shape index (κ3) is 4.14. The Morgan fingerprint density at radius 3 is 2.10 bits per heavy atom. The van der Waals surface area contributed by atoms with Gasteiger partial charge in [-0.1, -0.05) is 0 Å². The average Bonchev–Trinajstić information content (AvgIpc) is 2.72. The van der Waals surface area contributed by atoms with Crippen LogP contribution in [-0.4, -0.2) is 51.0 Å². The van der Waals surface area contributed by atoms with Gasteiger partial charge < -0.3 is 15.1 Å². The summed E-state index contributed by atoms with van der Waals surface area (Å²) in [5, 5.41) is 3.34. The molecule has 1 aliphatic heterocycles. The summed E-state index contributed by atoms with van der Waals surface area (Å²) in [6, 6.07) is 7.91. The highest BCUT2D eigenvalue weighted by molar-refractivity contribution is 5.94. The number of anilines is 1. The number of amides is 1. The Kier molecular flexibility index (Phi) is 5.34. The number of benzene rings is 1. The molecule has 162 valence electrons. The molecule has 5 aliphatic rings. The third-order valence-electron chi connectivity index (χ3n) is 8.35. The number of nitrogens with one attached hydrogen (secondary N) is 2. The fourth-order valence-electron chi connectivity index (χ4n) is 7.25. The van der Waals surface area contributed by atoms with E-state index in [0.717, 1.165) is 56.0 Å². The molecule has 5 nitrogen and oxygen atoms in total. The number of quaternary nitrogens is 1. The zero-order chi connectivity index (χ0) is 20.7. The molecule has 1 aromatic rings. The number of piperazine rings is 1. The number of carbonyl (C=O) groups is 2. The Balaban J connectivity index is 1.08. The minimum absolute atomic E-state index is 0.107. The molecular weight excluding hydrogens is 374 g/mol. The van der Waals surface area contributed by atoms with Crippen LogP contribution in [0.3, 0.4) is 0 Å². The molecule has 0 atom stereocenters. The summed E-state index contributed by atoms with van der Waals surface area (Å²) < 4.78 is 0. The van der Waals surface area contributed by atoms with Gasteiger partial charge >= 0.3 is 0 Å². The summed E-state index contributed by atoms with van der Waals surface area (Å²) in [4.78, 5) is 27.9. The first-order valence-corrected chi connectivity index (χ1v) is 11.9. The molecule has 4 saturated carbocycles. The first kappa shape index (κ1) is 20.0. The third-order valence-corrected chi connectivity index (χ3v) is 8.35. The lowest BCUT2D eigenvalue weighted by Crippen LogP contribution is -3.16. The van der Waals surface area contributed by atoms with Gasteiger partial charge in [0.15, 0.2) is 12.3 Å². The standard InChI is InChI=1S/C25H35N3O2/c1-18(29)22-2-4-23(5-3-22)28-8-6-27(7-9-28)16-24(30)26-17-25-13-19-10-20(14-25)12-21(11-19)15-25/h2-5,19-21H,6-17H2,1H3,(H,26,30)/p+1. The van der Waals surface area contributed by atoms with Gasteiger partial charge in [-0.3, -0.25) is 9.59 Å². The molecule has 1 heterocycles. The van der Waals surface area contributed by atoms with Gasteiger partial charge in [0.05, 0.1) is 26.2 Å². The summed E-state index contributed by atoms with van der Waals surface area (Å²) in [6.45, 7) is 7.00. The van der Waals surface area contributed by atoms with Crippen LogP contribution in [0.1, 0.15) is 55.8 Å². The molecule has 0 unspecified atom stereocenters. The van der Waals surface area contributed by atoms with E-state index in [4.69, 9.17) is 0 Å². The summed E-state index contributed by atoms with van der Waals surface area (Å²) in [5.41, 5.74) is 2.36. The highest BCUT2D eigenvalue weighted by Gasteiger charge is 2.50. The topological polar surface area (TPSA) is 53.9 Å². The maximum atomic E-state index is 12.7. The van der Waals surface area contributed by atoms with Gasteiger partial charge in [-0.25, -0.2) is 0 Å². The van der Waals surface area contributed by atoms with Crippen LogP contribution in [0.25, 0.3) is 0 Å². The van der Waals surface area contributed by atoms with Crippen molar-refractivity contribution >= 4 is 17.4 Å². The van der Waals surface area contributed by atoms with Crippen LogP contribution in [0, 0.1) is 23.2 Å². The van der Waals surface area contributed by atoms with Gasteiger partial charge in [-0.2, -0.15) is 0 Å². The molecule has 1 saturated heterocycles. The van der Waals surface area contributed by atoms with Crippen LogP contribution >= 0.6 is 0 Å². The first-order valence-electron chi connectivity index (χ1n) is 11.9. The Bertz CT molecular complexity index is 760. The van der Waals surface area contributed by atoms with E-state index in [1.807, 2.05) is 24.3 Å². The number of carbonyl (C=O) groups excluding carboxylic acids is 2. The molecule has 5 fully saturated rings. The molecule has 0 aromatic heterocycles. The van der Waals surface area contributed by atoms with E-state index in [0.29, 0.717) is 12.0 Å². The van der Waals surface area contributed by atoms with E-state index in [1.165, 1.54) is 49.1 Å². The lowest BCUT2D eigenvalue weighted by molar-refractivity contribution is -0.892. The van der Waals surface area contributed by atoms with Crippen LogP contribution in [0.4, 0.5) is 5.69 Å². The normalized spacial score (nSPS) is 33.0. The van der Waals surface area contributed by atoms with Gasteiger partial charge in [0, 0.05) is 17.8 Å². The molecule has 2 N–H and O–H groups in total. The SMILES string of the molecule is CC(=O)c1ccc(N2CC[NH+](CC(=O)NCC34CC5CC(CC(C5)C3)C4)CC2)cc1. The number of rotatable bonds is 6. The second-order valence-electron chi connectivity index (χ2n) is 10.7. The molecule has 0 spiro atoms. The minimum Gasteiger partial charge on any atom is -0.360 e. The van der Waals surface area contributed by atoms with Crippen molar-refractivity contribution in [3.8, 4) is 0 Å². The Labute approximate surface area is 180 Å². The van der Waals surface area contributed by atoms with E-state index < -0.39 is 0 Å². The van der Waals surface area contributed by atoms with E-state index in [2.05, 4.69) is 10.2 Å². The van der Waals surface area contributed by atoms with Crippen molar-refractivity contribution in [2.45, 2.75) is 45.4 Å². The monoisotopic (exact) mass is 410 g/mol. The molecule has 6 rings (SSSR count). The molecule has 0 radical (unpaired) electrons. The van der Waals surface area contributed by atoms with Gasteiger partial charge in [0.1, 0.15) is 0 Å². The predicted octanol–water partition coefficient (Wildman–Crippen LogP) is 1.93. The van der Waals surface area contributed by atoms with Gasteiger partial charge in [-0.05, 0) is 92.9 Å². The molecular formula is C25H36N3O2+. The van der Waals surface area contributed by atoms with Crippen molar-refractivity contribution in [1.82, 2.24) is 5.32 Å². The molecule has 4 aliphatic carbocycles. The molecule has 1 aromatic carbocycles. The van der Waals surface area contributed by atoms with E-state index >= 15 is 0 Å². The van der Waals surface area contributed by atoms with Crippen LogP contribution < -0.4 is 15.1 Å². The van der Waals surface area contributed by atoms with Crippen molar-refractivity contribution in [3.05, 3.63) is 29.8 Å².